The van der Waals surface area contributed by atoms with E-state index in [0.29, 0.717) is 11.5 Å². The van der Waals surface area contributed by atoms with Crippen LogP contribution < -0.4 is 10.6 Å². The number of aromatic nitrogens is 2. The maximum Gasteiger partial charge on any atom is 0.255 e. The van der Waals surface area contributed by atoms with E-state index in [0.717, 1.165) is 33.9 Å². The molecule has 2 heterocycles. The number of para-hydroxylation sites is 3. The summed E-state index contributed by atoms with van der Waals surface area (Å²) in [5.74, 6) is 1.07. The third kappa shape index (κ3) is 3.46. The number of benzene rings is 3. The largest absolute Gasteiger partial charge is 0.329 e. The Morgan fingerprint density at radius 1 is 0.969 bits per heavy atom. The summed E-state index contributed by atoms with van der Waals surface area (Å²) in [6.07, 6.45) is 0. The Bertz CT molecular complexity index is 1320. The Hall–Kier alpha value is -3.86. The number of hydrogen-bond donors (Lipinski definition) is 2. The molecule has 1 aliphatic rings. The lowest BCUT2D eigenvalue weighted by Crippen LogP contribution is -2.30. The first kappa shape index (κ1) is 20.1. The van der Waals surface area contributed by atoms with Crippen LogP contribution in [0.5, 0.6) is 0 Å². The molecule has 2 N–H and O–H groups in total. The summed E-state index contributed by atoms with van der Waals surface area (Å²) in [7, 11) is 0. The van der Waals surface area contributed by atoms with Crippen LogP contribution in [-0.4, -0.2) is 15.5 Å². The highest BCUT2D eigenvalue weighted by Crippen LogP contribution is 2.39. The summed E-state index contributed by atoms with van der Waals surface area (Å²) >= 11 is 0. The Morgan fingerprint density at radius 2 is 1.66 bits per heavy atom. The number of hydrogen-bond acceptors (Lipinski definition) is 3. The van der Waals surface area contributed by atoms with Crippen LogP contribution >= 0.6 is 0 Å². The van der Waals surface area contributed by atoms with Gasteiger partial charge in [-0.05, 0) is 48.2 Å². The zero-order chi connectivity index (χ0) is 22.2. The molecule has 0 spiro atoms. The van der Waals surface area contributed by atoms with Gasteiger partial charge in [0.1, 0.15) is 0 Å². The molecule has 4 aromatic rings. The topological polar surface area (TPSA) is 59.0 Å². The number of carbonyl (C=O) groups is 1. The summed E-state index contributed by atoms with van der Waals surface area (Å²) < 4.78 is 2.13. The van der Waals surface area contributed by atoms with Crippen molar-refractivity contribution in [2.24, 2.45) is 0 Å². The highest BCUT2D eigenvalue weighted by atomic mass is 16.1. The van der Waals surface area contributed by atoms with E-state index in [9.17, 15) is 4.79 Å². The summed E-state index contributed by atoms with van der Waals surface area (Å²) in [6.45, 7) is 6.31. The second-order valence-corrected chi connectivity index (χ2v) is 8.50. The number of imidazole rings is 1. The smallest absolute Gasteiger partial charge is 0.255 e. The van der Waals surface area contributed by atoms with Gasteiger partial charge in [-0.15, -0.1) is 0 Å². The lowest BCUT2D eigenvalue weighted by molar-refractivity contribution is -0.113. The number of carbonyl (C=O) groups excluding carboxylic acids is 1. The number of rotatable bonds is 4. The second kappa shape index (κ2) is 8.00. The van der Waals surface area contributed by atoms with Crippen molar-refractivity contribution >= 4 is 28.6 Å². The molecule has 3 aromatic carbocycles. The predicted octanol–water partition coefficient (Wildman–Crippen LogP) is 6.09. The van der Waals surface area contributed by atoms with Crippen molar-refractivity contribution in [3.63, 3.8) is 0 Å². The van der Waals surface area contributed by atoms with Gasteiger partial charge in [-0.2, -0.15) is 0 Å². The molecule has 1 unspecified atom stereocenters. The molecule has 1 aliphatic heterocycles. The average molecular weight is 423 g/mol. The first-order valence-corrected chi connectivity index (χ1v) is 10.9. The van der Waals surface area contributed by atoms with Crippen molar-refractivity contribution < 1.29 is 4.79 Å². The van der Waals surface area contributed by atoms with E-state index in [1.54, 1.807) is 0 Å². The molecule has 1 amide bonds. The van der Waals surface area contributed by atoms with Crippen molar-refractivity contribution in [2.45, 2.75) is 32.7 Å². The predicted molar refractivity (Wildman–Crippen MR) is 130 cm³/mol. The van der Waals surface area contributed by atoms with Crippen molar-refractivity contribution in [3.8, 4) is 0 Å². The van der Waals surface area contributed by atoms with Crippen LogP contribution in [-0.2, 0) is 4.79 Å². The molecular formula is C27H26N4O. The Kier molecular flexibility index (Phi) is 5.02. The van der Waals surface area contributed by atoms with Gasteiger partial charge in [0, 0.05) is 11.4 Å². The number of nitrogens with one attached hydrogen (secondary N) is 2. The van der Waals surface area contributed by atoms with Gasteiger partial charge in [0.25, 0.3) is 5.91 Å². The van der Waals surface area contributed by atoms with Gasteiger partial charge in [0.2, 0.25) is 5.95 Å². The van der Waals surface area contributed by atoms with Crippen LogP contribution in [0, 0.1) is 0 Å². The lowest BCUT2D eigenvalue weighted by atomic mass is 9.92. The molecular weight excluding hydrogens is 396 g/mol. The first-order valence-electron chi connectivity index (χ1n) is 10.9. The third-order valence-corrected chi connectivity index (χ3v) is 6.03. The van der Waals surface area contributed by atoms with Gasteiger partial charge >= 0.3 is 0 Å². The zero-order valence-electron chi connectivity index (χ0n) is 18.5. The molecule has 1 aromatic heterocycles. The summed E-state index contributed by atoms with van der Waals surface area (Å²) in [5, 5.41) is 6.44. The molecule has 0 saturated carbocycles. The van der Waals surface area contributed by atoms with Gasteiger partial charge in [-0.25, -0.2) is 4.98 Å². The van der Waals surface area contributed by atoms with Crippen LogP contribution in [0.3, 0.4) is 0 Å². The molecule has 5 heteroatoms. The van der Waals surface area contributed by atoms with Crippen molar-refractivity contribution in [2.75, 3.05) is 10.6 Å². The molecule has 5 nitrogen and oxygen atoms in total. The van der Waals surface area contributed by atoms with Crippen LogP contribution in [0.4, 0.5) is 11.6 Å². The molecule has 160 valence electrons. The Morgan fingerprint density at radius 3 is 2.38 bits per heavy atom. The summed E-state index contributed by atoms with van der Waals surface area (Å²) in [4.78, 5) is 18.4. The van der Waals surface area contributed by atoms with E-state index in [1.807, 2.05) is 55.5 Å². The molecule has 0 saturated heterocycles. The molecule has 0 radical (unpaired) electrons. The maximum atomic E-state index is 13.6. The van der Waals surface area contributed by atoms with Gasteiger partial charge in [-0.3, -0.25) is 9.36 Å². The van der Waals surface area contributed by atoms with Gasteiger partial charge < -0.3 is 10.6 Å². The minimum atomic E-state index is -0.288. The van der Waals surface area contributed by atoms with E-state index < -0.39 is 0 Å². The van der Waals surface area contributed by atoms with Crippen LogP contribution in [0.15, 0.2) is 90.1 Å². The average Bonchev–Trinajstić information content (AvgIpc) is 3.16. The van der Waals surface area contributed by atoms with E-state index in [2.05, 4.69) is 59.4 Å². The number of amides is 1. The standard InChI is InChI=1S/C27H26N4O/c1-17(2)19-13-15-20(16-14-19)25-24(26(32)29-21-9-5-4-6-10-21)18(3)28-27-30-22-11-7-8-12-23(22)31(25)27/h4-17,25H,1-3H3,(H,28,30)(H,29,32). The summed E-state index contributed by atoms with van der Waals surface area (Å²) in [6, 6.07) is 25.9. The molecule has 0 aliphatic carbocycles. The minimum absolute atomic E-state index is 0.123. The molecule has 5 rings (SSSR count). The van der Waals surface area contributed by atoms with E-state index in [1.165, 1.54) is 5.56 Å². The van der Waals surface area contributed by atoms with Crippen molar-refractivity contribution in [1.29, 1.82) is 0 Å². The van der Waals surface area contributed by atoms with Gasteiger partial charge in [0.15, 0.2) is 0 Å². The fourth-order valence-electron chi connectivity index (χ4n) is 4.36. The maximum absolute atomic E-state index is 13.6. The van der Waals surface area contributed by atoms with Crippen molar-refractivity contribution in [1.82, 2.24) is 9.55 Å². The van der Waals surface area contributed by atoms with Gasteiger partial charge in [0.05, 0.1) is 22.6 Å². The van der Waals surface area contributed by atoms with E-state index in [4.69, 9.17) is 4.98 Å². The first-order chi connectivity index (χ1) is 15.5. The molecule has 0 fully saturated rings. The fraction of sp³-hybridized carbons (Fsp3) is 0.185. The van der Waals surface area contributed by atoms with Gasteiger partial charge in [-0.1, -0.05) is 68.4 Å². The Labute approximate surface area is 187 Å². The minimum Gasteiger partial charge on any atom is -0.329 e. The van der Waals surface area contributed by atoms with Crippen molar-refractivity contribution in [3.05, 3.63) is 101 Å². The quantitative estimate of drug-likeness (QED) is 0.419. The molecule has 1 atom stereocenters. The van der Waals surface area contributed by atoms with E-state index in [-0.39, 0.29) is 11.9 Å². The lowest BCUT2D eigenvalue weighted by Gasteiger charge is -2.31. The number of allylic oxidation sites excluding steroid dienone is 1. The normalized spacial score (nSPS) is 15.6. The number of fused-ring (bicyclic) bond motifs is 3. The molecule has 32 heavy (non-hydrogen) atoms. The molecule has 0 bridgehead atoms. The highest BCUT2D eigenvalue weighted by Gasteiger charge is 2.34. The van der Waals surface area contributed by atoms with E-state index >= 15 is 0 Å². The summed E-state index contributed by atoms with van der Waals surface area (Å²) in [5.41, 5.74) is 6.47. The second-order valence-electron chi connectivity index (χ2n) is 8.50. The third-order valence-electron chi connectivity index (χ3n) is 6.03. The number of nitrogens with zero attached hydrogens (tertiary/aromatic N) is 2. The zero-order valence-corrected chi connectivity index (χ0v) is 18.5. The fourth-order valence-corrected chi connectivity index (χ4v) is 4.36. The van der Waals surface area contributed by atoms with Crippen LogP contribution in [0.2, 0.25) is 0 Å². The Balaban J connectivity index is 1.66. The monoisotopic (exact) mass is 422 g/mol. The SMILES string of the molecule is CC1=C(C(=O)Nc2ccccc2)C(c2ccc(C(C)C)cc2)n2c(nc3ccccc32)N1. The highest BCUT2D eigenvalue weighted by molar-refractivity contribution is 6.06. The van der Waals surface area contributed by atoms with Crippen LogP contribution in [0.25, 0.3) is 11.0 Å². The van der Waals surface area contributed by atoms with Crippen LogP contribution in [0.1, 0.15) is 43.9 Å². The number of anilines is 2.